The molecule has 74 heavy (non-hydrogen) atoms. The van der Waals surface area contributed by atoms with Gasteiger partial charge in [-0.1, -0.05) is 11.6 Å². The average Bonchev–Trinajstić information content (AvgIpc) is 3.39. The number of carbonyl (C=O) groups excluding carboxylic acids is 2. The number of morpholine rings is 2. The summed E-state index contributed by atoms with van der Waals surface area (Å²) in [7, 11) is 0. The molecule has 2 saturated heterocycles. The number of hydrazine groups is 1. The number of anilines is 4. The molecule has 22 heteroatoms. The lowest BCUT2D eigenvalue weighted by atomic mass is 10.2. The molecule has 2 fully saturated rings. The highest BCUT2D eigenvalue weighted by atomic mass is 35.5. The number of nitrogens with one attached hydrogen (secondary N) is 2. The van der Waals surface area contributed by atoms with Crippen LogP contribution in [0.15, 0.2) is 122 Å². The molecule has 6 aromatic carbocycles. The summed E-state index contributed by atoms with van der Waals surface area (Å²) < 4.78 is 98.6. The van der Waals surface area contributed by atoms with Gasteiger partial charge in [-0.3, -0.25) is 19.8 Å². The summed E-state index contributed by atoms with van der Waals surface area (Å²) in [4.78, 5) is 52.1. The normalized spacial score (nSPS) is 14.2. The van der Waals surface area contributed by atoms with Gasteiger partial charge in [0.15, 0.2) is 34.8 Å². The van der Waals surface area contributed by atoms with E-state index in [0.717, 1.165) is 68.6 Å². The van der Waals surface area contributed by atoms with Crippen molar-refractivity contribution in [2.45, 2.75) is 13.1 Å². The highest BCUT2D eigenvalue weighted by Crippen LogP contribution is 2.34. The molecule has 2 aliphatic rings. The van der Waals surface area contributed by atoms with Gasteiger partial charge in [-0.25, -0.2) is 41.5 Å². The van der Waals surface area contributed by atoms with Gasteiger partial charge >= 0.3 is 12.1 Å². The molecule has 0 saturated carbocycles. The summed E-state index contributed by atoms with van der Waals surface area (Å²) in [6, 6.07) is 19.3. The predicted octanol–water partition coefficient (Wildman–Crippen LogP) is 10.9. The Balaban J connectivity index is 0.925. The Morgan fingerprint density at radius 2 is 0.973 bits per heavy atom. The van der Waals surface area contributed by atoms with E-state index in [4.69, 9.17) is 40.5 Å². The quantitative estimate of drug-likeness (QED) is 0.0882. The lowest BCUT2D eigenvalue weighted by Crippen LogP contribution is -2.54. The summed E-state index contributed by atoms with van der Waals surface area (Å²) in [6.45, 7) is 6.52. The number of benzene rings is 6. The second-order valence-electron chi connectivity index (χ2n) is 17.0. The Labute approximate surface area is 423 Å². The van der Waals surface area contributed by atoms with Crippen LogP contribution in [0.2, 0.25) is 5.02 Å². The molecule has 8 aromatic rings. The fourth-order valence-corrected chi connectivity index (χ4v) is 8.24. The van der Waals surface area contributed by atoms with Crippen molar-refractivity contribution in [2.24, 2.45) is 0 Å². The molecule has 4 heterocycles. The fourth-order valence-electron chi connectivity index (χ4n) is 8.12. The van der Waals surface area contributed by atoms with E-state index >= 15 is 17.6 Å². The first-order valence-corrected chi connectivity index (χ1v) is 23.5. The number of ether oxygens (including phenoxy) is 4. The number of halogens is 6. The third-order valence-corrected chi connectivity index (χ3v) is 12.1. The Hall–Kier alpha value is -8.08. The molecule has 10 rings (SSSR count). The van der Waals surface area contributed by atoms with Crippen LogP contribution in [0, 0.1) is 29.1 Å². The smallest absolute Gasteiger partial charge is 0.345 e. The van der Waals surface area contributed by atoms with Crippen LogP contribution in [-0.2, 0) is 22.6 Å². The lowest BCUT2D eigenvalue weighted by molar-refractivity contribution is 0.0336. The second kappa shape index (κ2) is 22.0. The predicted molar refractivity (Wildman–Crippen MR) is 265 cm³/mol. The van der Waals surface area contributed by atoms with E-state index in [1.165, 1.54) is 18.2 Å². The van der Waals surface area contributed by atoms with Crippen LogP contribution < -0.4 is 30.1 Å². The van der Waals surface area contributed by atoms with Crippen molar-refractivity contribution in [1.29, 1.82) is 0 Å². The first-order chi connectivity index (χ1) is 35.9. The van der Waals surface area contributed by atoms with Gasteiger partial charge < -0.3 is 29.6 Å². The SMILES string of the molecule is O=C(Nc1ccc(F)c(Oc2ccc3ncc(CN4CCOCC4)nc3c2)c1)N(c1ccc(F)c(F)c1)N(C(=O)Nc1ccc(F)c(Oc2ccc3ncc(CN4CCOCC4)nc3c2)c1)c1ccc(Cl)c(F)c1. The Morgan fingerprint density at radius 1 is 0.527 bits per heavy atom. The van der Waals surface area contributed by atoms with Crippen molar-refractivity contribution in [1.82, 2.24) is 29.7 Å². The molecular formula is C52H42ClF5N10O6. The molecule has 378 valence electrons. The molecule has 0 spiro atoms. The van der Waals surface area contributed by atoms with Gasteiger partial charge in [-0.15, -0.1) is 0 Å². The van der Waals surface area contributed by atoms with Crippen LogP contribution in [0.5, 0.6) is 23.0 Å². The number of carbonyl (C=O) groups is 2. The first kappa shape index (κ1) is 49.5. The zero-order chi connectivity index (χ0) is 51.3. The summed E-state index contributed by atoms with van der Waals surface area (Å²) in [6.07, 6.45) is 3.37. The second-order valence-corrected chi connectivity index (χ2v) is 17.4. The van der Waals surface area contributed by atoms with Gasteiger partial charge in [0.1, 0.15) is 17.3 Å². The Morgan fingerprint density at radius 3 is 1.43 bits per heavy atom. The Bertz CT molecular complexity index is 3190. The van der Waals surface area contributed by atoms with Crippen molar-refractivity contribution < 1.29 is 50.5 Å². The van der Waals surface area contributed by atoms with Crippen LogP contribution in [0.4, 0.5) is 54.3 Å². The van der Waals surface area contributed by atoms with E-state index in [0.29, 0.717) is 95.1 Å². The first-order valence-electron chi connectivity index (χ1n) is 23.1. The zero-order valence-electron chi connectivity index (χ0n) is 38.9. The molecule has 0 radical (unpaired) electrons. The van der Waals surface area contributed by atoms with Gasteiger partial charge in [-0.05, 0) is 72.8 Å². The number of urea groups is 2. The molecular weight excluding hydrogens is 991 g/mol. The molecule has 0 bridgehead atoms. The van der Waals surface area contributed by atoms with Crippen molar-refractivity contribution >= 4 is 68.5 Å². The molecule has 2 aliphatic heterocycles. The van der Waals surface area contributed by atoms with Crippen LogP contribution >= 0.6 is 11.6 Å². The minimum atomic E-state index is -1.41. The maximum absolute atomic E-state index is 15.5. The molecule has 2 aromatic heterocycles. The van der Waals surface area contributed by atoms with E-state index in [1.54, 1.807) is 48.8 Å². The number of rotatable bonds is 12. The van der Waals surface area contributed by atoms with Crippen LogP contribution in [0.1, 0.15) is 11.4 Å². The summed E-state index contributed by atoms with van der Waals surface area (Å²) >= 11 is 6.04. The van der Waals surface area contributed by atoms with Crippen LogP contribution in [-0.4, -0.2) is 94.4 Å². The van der Waals surface area contributed by atoms with Gasteiger partial charge in [0.25, 0.3) is 0 Å². The number of hydrogen-bond donors (Lipinski definition) is 2. The fraction of sp³-hybridized carbons (Fsp3) is 0.192. The largest absolute Gasteiger partial charge is 0.454 e. The molecule has 0 aliphatic carbocycles. The van der Waals surface area contributed by atoms with Crippen molar-refractivity contribution in [2.75, 3.05) is 73.3 Å². The molecule has 2 N–H and O–H groups in total. The molecule has 16 nitrogen and oxygen atoms in total. The number of amides is 4. The Kier molecular flexibility index (Phi) is 14.7. The minimum absolute atomic E-state index is 0.0850. The van der Waals surface area contributed by atoms with Crippen molar-refractivity contribution in [3.63, 3.8) is 0 Å². The van der Waals surface area contributed by atoms with Gasteiger partial charge in [0.2, 0.25) is 0 Å². The summed E-state index contributed by atoms with van der Waals surface area (Å²) in [5.41, 5.74) is 2.56. The van der Waals surface area contributed by atoms with Gasteiger partial charge in [0.05, 0.1) is 88.7 Å². The van der Waals surface area contributed by atoms with Crippen molar-refractivity contribution in [3.8, 4) is 23.0 Å². The van der Waals surface area contributed by atoms with E-state index in [1.807, 2.05) is 0 Å². The lowest BCUT2D eigenvalue weighted by Gasteiger charge is -2.34. The molecule has 0 unspecified atom stereocenters. The highest BCUT2D eigenvalue weighted by molar-refractivity contribution is 6.30. The minimum Gasteiger partial charge on any atom is -0.454 e. The average molecular weight is 1030 g/mol. The van der Waals surface area contributed by atoms with E-state index in [2.05, 4.69) is 30.4 Å². The van der Waals surface area contributed by atoms with E-state index in [-0.39, 0.29) is 45.1 Å². The van der Waals surface area contributed by atoms with Gasteiger partial charge in [-0.2, -0.15) is 10.0 Å². The monoisotopic (exact) mass is 1030 g/mol. The number of hydrogen-bond acceptors (Lipinski definition) is 12. The maximum atomic E-state index is 15.5. The summed E-state index contributed by atoms with van der Waals surface area (Å²) in [5, 5.41) is 5.92. The number of aromatic nitrogens is 4. The zero-order valence-corrected chi connectivity index (χ0v) is 39.7. The maximum Gasteiger partial charge on any atom is 0.345 e. The van der Waals surface area contributed by atoms with Crippen LogP contribution in [0.25, 0.3) is 22.1 Å². The van der Waals surface area contributed by atoms with Crippen LogP contribution in [0.3, 0.4) is 0 Å². The number of fused-ring (bicyclic) bond motifs is 2. The highest BCUT2D eigenvalue weighted by Gasteiger charge is 2.32. The molecule has 0 atom stereocenters. The topological polar surface area (TPSA) is 160 Å². The number of nitrogens with zero attached hydrogens (tertiary/aromatic N) is 8. The third kappa shape index (κ3) is 11.6. The standard InChI is InChI=1S/C52H42ClF5N10O6/c53-39-7-3-35(23-43(39)57)67(51(69)63-31-1-8-41(55)49(21-31)73-37-5-11-45-47(25-37)61-33(27-59-45)29-65-13-17-71-18-14-65)68(36-4-10-40(54)44(58)24-36)52(70)64-32-2-9-42(56)50(22-32)74-38-6-12-46-48(26-38)62-34(28-60-46)30-66-15-19-72-20-16-66/h1-12,21-28H,13-20,29-30H2,(H,63,69)(H,64,70). The molecule has 4 amide bonds. The third-order valence-electron chi connectivity index (χ3n) is 11.8. The van der Waals surface area contributed by atoms with Crippen molar-refractivity contribution in [3.05, 3.63) is 167 Å². The van der Waals surface area contributed by atoms with E-state index in [9.17, 15) is 14.0 Å². The summed E-state index contributed by atoms with van der Waals surface area (Å²) in [5.74, 6) is -5.67. The van der Waals surface area contributed by atoms with Gasteiger partial charge in [0, 0.05) is 87.0 Å². The van der Waals surface area contributed by atoms with E-state index < -0.39 is 46.8 Å².